The van der Waals surface area contributed by atoms with E-state index in [0.717, 1.165) is 12.3 Å². The van der Waals surface area contributed by atoms with E-state index in [1.807, 2.05) is 6.19 Å². The Morgan fingerprint density at radius 3 is 2.50 bits per heavy atom. The first kappa shape index (κ1) is 12.6. The van der Waals surface area contributed by atoms with E-state index < -0.39 is 11.9 Å². The van der Waals surface area contributed by atoms with Gasteiger partial charge in [-0.25, -0.2) is 0 Å². The Hall–Kier alpha value is -1.42. The highest BCUT2D eigenvalue weighted by Crippen LogP contribution is 2.28. The summed E-state index contributed by atoms with van der Waals surface area (Å²) in [6, 6.07) is 1.89. The fraction of sp³-hybridized carbons (Fsp3) is 0.333. The number of pyridine rings is 1. The molecule has 0 aliphatic carbocycles. The summed E-state index contributed by atoms with van der Waals surface area (Å²) < 4.78 is 37.9. The maximum Gasteiger partial charge on any atom is 0.433 e. The summed E-state index contributed by atoms with van der Waals surface area (Å²) in [7, 11) is 0. The molecule has 0 spiro atoms. The molecule has 0 amide bonds. The molecule has 7 heteroatoms. The molecule has 0 fully saturated rings. The highest BCUT2D eigenvalue weighted by Gasteiger charge is 2.32. The van der Waals surface area contributed by atoms with Crippen molar-refractivity contribution >= 4 is 12.8 Å². The van der Waals surface area contributed by atoms with Gasteiger partial charge in [-0.15, -0.1) is 0 Å². The summed E-state index contributed by atoms with van der Waals surface area (Å²) in [4.78, 5) is 3.32. The van der Waals surface area contributed by atoms with Gasteiger partial charge >= 0.3 is 6.18 Å². The minimum atomic E-state index is -4.43. The predicted molar refractivity (Wildman–Crippen MR) is 56.9 cm³/mol. The number of hydrogen-bond donors (Lipinski definition) is 0. The van der Waals surface area contributed by atoms with Gasteiger partial charge in [0.1, 0.15) is 5.69 Å². The summed E-state index contributed by atoms with van der Waals surface area (Å²) in [5, 5.41) is 8.61. The molecule has 0 aliphatic rings. The molecule has 0 N–H and O–H groups in total. The summed E-state index contributed by atoms with van der Waals surface area (Å²) in [5.74, 6) is 0. The molecule has 0 saturated heterocycles. The minimum Gasteiger partial charge on any atom is -0.273 e. The summed E-state index contributed by atoms with van der Waals surface area (Å²) in [5.41, 5.74) is -0.389. The van der Waals surface area contributed by atoms with E-state index in [-0.39, 0.29) is 6.04 Å². The molecule has 1 aromatic rings. The zero-order valence-corrected chi connectivity index (χ0v) is 9.52. The molecule has 3 nitrogen and oxygen atoms in total. The number of alkyl halides is 3. The number of rotatable bonds is 2. The second-order valence-electron chi connectivity index (χ2n) is 3.16. The molecular formula is C9H10F3N3S. The van der Waals surface area contributed by atoms with Crippen molar-refractivity contribution in [2.24, 2.45) is 0 Å². The smallest absolute Gasteiger partial charge is 0.273 e. The average Bonchev–Trinajstić information content (AvgIpc) is 2.26. The van der Waals surface area contributed by atoms with Crippen molar-refractivity contribution in [3.8, 4) is 6.19 Å². The van der Waals surface area contributed by atoms with Crippen molar-refractivity contribution in [3.05, 3.63) is 29.6 Å². The molecule has 1 atom stereocenters. The lowest BCUT2D eigenvalue weighted by Gasteiger charge is -2.18. The van der Waals surface area contributed by atoms with Gasteiger partial charge in [0.15, 0.2) is 6.19 Å². The van der Waals surface area contributed by atoms with Crippen LogP contribution in [-0.2, 0) is 6.18 Å². The number of hydrogen-bond acceptors (Lipinski definition) is 3. The molecule has 0 bridgehead atoms. The molecule has 0 aromatic carbocycles. The fourth-order valence-electron chi connectivity index (χ4n) is 1.07. The van der Waals surface area contributed by atoms with Gasteiger partial charge in [0.25, 0.3) is 0 Å². The standard InChI is InChI=1S/C9H10F3N3S/c1-6(15(16)5-13)7-2-3-8(14-4-7)9(10,11)12/h2-4,6H,1,16H3. The molecule has 88 valence electrons. The van der Waals surface area contributed by atoms with Gasteiger partial charge in [-0.2, -0.15) is 31.2 Å². The maximum atomic E-state index is 12.2. The third-order valence-electron chi connectivity index (χ3n) is 2.09. The zero-order valence-electron chi connectivity index (χ0n) is 8.36. The van der Waals surface area contributed by atoms with Gasteiger partial charge in [0, 0.05) is 6.20 Å². The van der Waals surface area contributed by atoms with Gasteiger partial charge in [-0.1, -0.05) is 6.07 Å². The number of aromatic nitrogens is 1. The van der Waals surface area contributed by atoms with Crippen LogP contribution in [0.3, 0.4) is 0 Å². The van der Waals surface area contributed by atoms with E-state index in [9.17, 15) is 13.2 Å². The van der Waals surface area contributed by atoms with Crippen LogP contribution in [0.5, 0.6) is 0 Å². The fourth-order valence-corrected chi connectivity index (χ4v) is 1.24. The van der Waals surface area contributed by atoms with Crippen LogP contribution in [-0.4, -0.2) is 9.29 Å². The van der Waals surface area contributed by atoms with Crippen molar-refractivity contribution in [2.75, 3.05) is 0 Å². The highest BCUT2D eigenvalue weighted by atomic mass is 32.1. The van der Waals surface area contributed by atoms with Crippen LogP contribution in [0.1, 0.15) is 24.2 Å². The Morgan fingerprint density at radius 1 is 1.50 bits per heavy atom. The van der Waals surface area contributed by atoms with E-state index in [4.69, 9.17) is 5.26 Å². The number of nitrogens with zero attached hydrogens (tertiary/aromatic N) is 3. The molecule has 1 rings (SSSR count). The van der Waals surface area contributed by atoms with Crippen LogP contribution < -0.4 is 0 Å². The largest absolute Gasteiger partial charge is 0.433 e. The molecule has 1 heterocycles. The first-order chi connectivity index (χ1) is 7.36. The molecule has 1 unspecified atom stereocenters. The quantitative estimate of drug-likeness (QED) is 0.596. The van der Waals surface area contributed by atoms with E-state index in [0.29, 0.717) is 5.56 Å². The third kappa shape index (κ3) is 2.79. The first-order valence-corrected chi connectivity index (χ1v) is 4.84. The van der Waals surface area contributed by atoms with Crippen molar-refractivity contribution in [1.82, 2.24) is 9.29 Å². The highest BCUT2D eigenvalue weighted by molar-refractivity contribution is 7.77. The summed E-state index contributed by atoms with van der Waals surface area (Å²) in [6.45, 7) is 1.69. The van der Waals surface area contributed by atoms with Gasteiger partial charge in [0.05, 0.1) is 6.04 Å². The Balaban J connectivity index is 2.92. The van der Waals surface area contributed by atoms with Crippen LogP contribution in [0.4, 0.5) is 13.2 Å². The molecule has 0 aliphatic heterocycles. The SMILES string of the molecule is CC(c1ccc(C(F)(F)F)nc1)N([SH3])C#N. The molecule has 0 radical (unpaired) electrons. The van der Waals surface area contributed by atoms with E-state index in [1.165, 1.54) is 10.4 Å². The summed E-state index contributed by atoms with van der Waals surface area (Å²) in [6.07, 6.45) is -1.45. The molecule has 1 aromatic heterocycles. The van der Waals surface area contributed by atoms with E-state index in [1.54, 1.807) is 6.92 Å². The van der Waals surface area contributed by atoms with Crippen molar-refractivity contribution < 1.29 is 13.2 Å². The Labute approximate surface area is 96.1 Å². The second kappa shape index (κ2) is 4.61. The topological polar surface area (TPSA) is 39.9 Å². The van der Waals surface area contributed by atoms with Crippen molar-refractivity contribution in [3.63, 3.8) is 0 Å². The normalized spacial score (nSPS) is 13.3. The lowest BCUT2D eigenvalue weighted by molar-refractivity contribution is -0.141. The van der Waals surface area contributed by atoms with Gasteiger partial charge < -0.3 is 0 Å². The monoisotopic (exact) mass is 249 g/mol. The second-order valence-corrected chi connectivity index (χ2v) is 3.71. The van der Waals surface area contributed by atoms with Crippen molar-refractivity contribution in [1.29, 1.82) is 5.26 Å². The molecule has 0 saturated carbocycles. The minimum absolute atomic E-state index is 0.329. The Kier molecular flexibility index (Phi) is 3.65. The number of halogens is 3. The third-order valence-corrected chi connectivity index (χ3v) is 2.65. The van der Waals surface area contributed by atoms with Crippen LogP contribution in [0.15, 0.2) is 18.3 Å². The molecule has 16 heavy (non-hydrogen) atoms. The van der Waals surface area contributed by atoms with Crippen LogP contribution >= 0.6 is 12.8 Å². The average molecular weight is 249 g/mol. The lowest BCUT2D eigenvalue weighted by atomic mass is 10.1. The van der Waals surface area contributed by atoms with E-state index >= 15 is 0 Å². The zero-order chi connectivity index (χ0) is 12.3. The van der Waals surface area contributed by atoms with Crippen LogP contribution in [0, 0.1) is 11.5 Å². The Morgan fingerprint density at radius 2 is 2.12 bits per heavy atom. The van der Waals surface area contributed by atoms with Crippen LogP contribution in [0.2, 0.25) is 0 Å². The molecular weight excluding hydrogens is 239 g/mol. The van der Waals surface area contributed by atoms with Gasteiger partial charge in [-0.05, 0) is 18.6 Å². The van der Waals surface area contributed by atoms with Gasteiger partial charge in [-0.3, -0.25) is 9.29 Å². The lowest BCUT2D eigenvalue weighted by Crippen LogP contribution is -2.13. The number of nitriles is 1. The maximum absolute atomic E-state index is 12.2. The Bertz CT molecular complexity index is 396. The van der Waals surface area contributed by atoms with E-state index in [2.05, 4.69) is 17.8 Å². The first-order valence-electron chi connectivity index (χ1n) is 4.33. The van der Waals surface area contributed by atoms with Crippen LogP contribution in [0.25, 0.3) is 0 Å². The van der Waals surface area contributed by atoms with Crippen molar-refractivity contribution in [2.45, 2.75) is 19.1 Å². The predicted octanol–water partition coefficient (Wildman–Crippen LogP) is 2.25. The van der Waals surface area contributed by atoms with Gasteiger partial charge in [0.2, 0.25) is 0 Å². The summed E-state index contributed by atoms with van der Waals surface area (Å²) >= 11 is 2.18.